The van der Waals surface area contributed by atoms with Crippen molar-refractivity contribution in [3.05, 3.63) is 27.9 Å². The Morgan fingerprint density at radius 1 is 1.59 bits per heavy atom. The molecule has 0 saturated heterocycles. The van der Waals surface area contributed by atoms with Gasteiger partial charge in [-0.3, -0.25) is 10.1 Å². The van der Waals surface area contributed by atoms with Gasteiger partial charge >= 0.3 is 5.69 Å². The Labute approximate surface area is 99.8 Å². The average molecular weight is 239 g/mol. The van der Waals surface area contributed by atoms with Crippen molar-refractivity contribution in [2.24, 2.45) is 5.92 Å². The van der Waals surface area contributed by atoms with Crippen molar-refractivity contribution < 1.29 is 10.0 Å². The van der Waals surface area contributed by atoms with Gasteiger partial charge in [0.1, 0.15) is 0 Å². The van der Waals surface area contributed by atoms with Crippen LogP contribution in [0.4, 0.5) is 11.5 Å². The van der Waals surface area contributed by atoms with E-state index in [4.69, 9.17) is 0 Å². The van der Waals surface area contributed by atoms with Gasteiger partial charge in [-0.15, -0.1) is 0 Å². The summed E-state index contributed by atoms with van der Waals surface area (Å²) in [7, 11) is 0. The monoisotopic (exact) mass is 239 g/mol. The lowest BCUT2D eigenvalue weighted by Gasteiger charge is -2.15. The molecule has 2 N–H and O–H groups in total. The fourth-order valence-electron chi connectivity index (χ4n) is 1.27. The number of hydrogen-bond acceptors (Lipinski definition) is 5. The Balaban J connectivity index is 2.80. The summed E-state index contributed by atoms with van der Waals surface area (Å²) in [6.07, 6.45) is 0.995. The van der Waals surface area contributed by atoms with Crippen molar-refractivity contribution >= 4 is 11.5 Å². The van der Waals surface area contributed by atoms with Crippen LogP contribution in [-0.4, -0.2) is 27.7 Å². The molecule has 1 rings (SSSR count). The molecule has 0 amide bonds. The zero-order valence-electron chi connectivity index (χ0n) is 10.2. The van der Waals surface area contributed by atoms with E-state index < -0.39 is 11.0 Å². The topological polar surface area (TPSA) is 88.3 Å². The van der Waals surface area contributed by atoms with Crippen LogP contribution in [0, 0.1) is 23.0 Å². The number of aliphatic hydroxyl groups excluding tert-OH is 1. The molecule has 0 aliphatic carbocycles. The molecule has 0 spiro atoms. The summed E-state index contributed by atoms with van der Waals surface area (Å²) in [4.78, 5) is 14.3. The number of rotatable bonds is 5. The van der Waals surface area contributed by atoms with Crippen LogP contribution in [0.25, 0.3) is 0 Å². The molecule has 6 nitrogen and oxygen atoms in total. The van der Waals surface area contributed by atoms with Crippen LogP contribution >= 0.6 is 0 Å². The van der Waals surface area contributed by atoms with Gasteiger partial charge in [-0.1, -0.05) is 13.8 Å². The first-order valence-corrected chi connectivity index (χ1v) is 5.44. The highest BCUT2D eigenvalue weighted by Crippen LogP contribution is 2.22. The smallest absolute Gasteiger partial charge is 0.311 e. The molecule has 0 radical (unpaired) electrons. The summed E-state index contributed by atoms with van der Waals surface area (Å²) in [5.74, 6) is 0.285. The first-order valence-electron chi connectivity index (χ1n) is 5.44. The molecule has 0 saturated carbocycles. The summed E-state index contributed by atoms with van der Waals surface area (Å²) < 4.78 is 0. The molecule has 6 heteroatoms. The molecular weight excluding hydrogens is 222 g/mol. The molecule has 1 aromatic heterocycles. The molecule has 1 heterocycles. The third-order valence-electron chi connectivity index (χ3n) is 2.45. The molecule has 0 aromatic carbocycles. The van der Waals surface area contributed by atoms with Gasteiger partial charge in [-0.25, -0.2) is 4.98 Å². The van der Waals surface area contributed by atoms with Crippen LogP contribution in [0.5, 0.6) is 0 Å². The lowest BCUT2D eigenvalue weighted by atomic mass is 10.1. The molecule has 0 bridgehead atoms. The predicted molar refractivity (Wildman–Crippen MR) is 65.0 cm³/mol. The molecule has 1 aromatic rings. The number of nitrogens with one attached hydrogen (secondary N) is 1. The van der Waals surface area contributed by atoms with E-state index in [0.29, 0.717) is 0 Å². The van der Waals surface area contributed by atoms with Gasteiger partial charge in [0, 0.05) is 18.8 Å². The van der Waals surface area contributed by atoms with E-state index in [9.17, 15) is 15.2 Å². The van der Waals surface area contributed by atoms with Crippen LogP contribution in [-0.2, 0) is 0 Å². The van der Waals surface area contributed by atoms with Crippen LogP contribution in [0.2, 0.25) is 0 Å². The van der Waals surface area contributed by atoms with E-state index in [2.05, 4.69) is 10.3 Å². The van der Waals surface area contributed by atoms with Crippen LogP contribution in [0.3, 0.4) is 0 Å². The molecule has 1 atom stereocenters. The maximum absolute atomic E-state index is 10.8. The molecule has 0 aliphatic heterocycles. The zero-order valence-corrected chi connectivity index (χ0v) is 10.2. The second-order valence-electron chi connectivity index (χ2n) is 4.33. The summed E-state index contributed by atoms with van der Waals surface area (Å²) in [5.41, 5.74) is 0.660. The van der Waals surface area contributed by atoms with E-state index in [1.54, 1.807) is 13.1 Å². The second kappa shape index (κ2) is 5.58. The maximum Gasteiger partial charge on any atom is 0.311 e. The second-order valence-corrected chi connectivity index (χ2v) is 4.33. The Bertz CT molecular complexity index is 407. The van der Waals surface area contributed by atoms with Gasteiger partial charge < -0.3 is 10.4 Å². The summed E-state index contributed by atoms with van der Waals surface area (Å²) >= 11 is 0. The first kappa shape index (κ1) is 13.4. The van der Waals surface area contributed by atoms with Crippen molar-refractivity contribution in [2.45, 2.75) is 26.9 Å². The number of aromatic nitrogens is 1. The number of anilines is 1. The van der Waals surface area contributed by atoms with E-state index in [0.717, 1.165) is 5.56 Å². The molecule has 0 aliphatic rings. The maximum atomic E-state index is 10.8. The average Bonchev–Trinajstić information content (AvgIpc) is 2.26. The minimum absolute atomic E-state index is 0.0686. The van der Waals surface area contributed by atoms with E-state index >= 15 is 0 Å². The SMILES string of the molecule is Cc1cnc(NCC(O)C(C)C)c([N+](=O)[O-])c1. The molecule has 1 unspecified atom stereocenters. The minimum Gasteiger partial charge on any atom is -0.391 e. The first-order chi connectivity index (χ1) is 7.91. The van der Waals surface area contributed by atoms with Gasteiger partial charge in [0.05, 0.1) is 11.0 Å². The number of nitro groups is 1. The Kier molecular flexibility index (Phi) is 4.39. The number of aryl methyl sites for hydroxylation is 1. The van der Waals surface area contributed by atoms with Crippen molar-refractivity contribution in [1.29, 1.82) is 0 Å². The summed E-state index contributed by atoms with van der Waals surface area (Å²) in [5, 5.41) is 23.2. The predicted octanol–water partition coefficient (Wildman–Crippen LogP) is 1.73. The lowest BCUT2D eigenvalue weighted by Crippen LogP contribution is -2.25. The molecule has 94 valence electrons. The number of pyridine rings is 1. The zero-order chi connectivity index (χ0) is 13.0. The van der Waals surface area contributed by atoms with E-state index in [1.807, 2.05) is 13.8 Å². The highest BCUT2D eigenvalue weighted by Gasteiger charge is 2.17. The standard InChI is InChI=1S/C11H17N3O3/c1-7(2)10(15)6-13-11-9(14(16)17)4-8(3)5-12-11/h4-5,7,10,15H,6H2,1-3H3,(H,12,13). The Morgan fingerprint density at radius 3 is 2.76 bits per heavy atom. The highest BCUT2D eigenvalue weighted by atomic mass is 16.6. The van der Waals surface area contributed by atoms with Crippen molar-refractivity contribution in [3.8, 4) is 0 Å². The number of nitrogens with zero attached hydrogens (tertiary/aromatic N) is 2. The van der Waals surface area contributed by atoms with Crippen LogP contribution in [0.15, 0.2) is 12.3 Å². The normalized spacial score (nSPS) is 12.5. The fraction of sp³-hybridized carbons (Fsp3) is 0.545. The number of hydrogen-bond donors (Lipinski definition) is 2. The highest BCUT2D eigenvalue weighted by molar-refractivity contribution is 5.56. The van der Waals surface area contributed by atoms with Gasteiger partial charge in [0.2, 0.25) is 5.82 Å². The Hall–Kier alpha value is -1.69. The van der Waals surface area contributed by atoms with Gasteiger partial charge in [-0.2, -0.15) is 0 Å². The largest absolute Gasteiger partial charge is 0.391 e. The molecule has 17 heavy (non-hydrogen) atoms. The molecule has 0 fully saturated rings. The van der Waals surface area contributed by atoms with E-state index in [-0.39, 0.29) is 24.0 Å². The van der Waals surface area contributed by atoms with Crippen molar-refractivity contribution in [2.75, 3.05) is 11.9 Å². The quantitative estimate of drug-likeness (QED) is 0.603. The fourth-order valence-corrected chi connectivity index (χ4v) is 1.27. The van der Waals surface area contributed by atoms with Gasteiger partial charge in [-0.05, 0) is 18.4 Å². The van der Waals surface area contributed by atoms with Gasteiger partial charge in [0.15, 0.2) is 0 Å². The van der Waals surface area contributed by atoms with Crippen LogP contribution in [0.1, 0.15) is 19.4 Å². The van der Waals surface area contributed by atoms with E-state index in [1.165, 1.54) is 6.07 Å². The Morgan fingerprint density at radius 2 is 2.24 bits per heavy atom. The third-order valence-corrected chi connectivity index (χ3v) is 2.45. The number of aliphatic hydroxyl groups is 1. The summed E-state index contributed by atoms with van der Waals surface area (Å²) in [6, 6.07) is 1.46. The van der Waals surface area contributed by atoms with Gasteiger partial charge in [0.25, 0.3) is 0 Å². The molecular formula is C11H17N3O3. The lowest BCUT2D eigenvalue weighted by molar-refractivity contribution is -0.384. The van der Waals surface area contributed by atoms with Crippen molar-refractivity contribution in [1.82, 2.24) is 4.98 Å². The minimum atomic E-state index is -0.558. The summed E-state index contributed by atoms with van der Waals surface area (Å²) in [6.45, 7) is 5.74. The third kappa shape index (κ3) is 3.67. The van der Waals surface area contributed by atoms with Crippen molar-refractivity contribution in [3.63, 3.8) is 0 Å². The van der Waals surface area contributed by atoms with Crippen LogP contribution < -0.4 is 5.32 Å².